The Morgan fingerprint density at radius 3 is 2.52 bits per heavy atom. The van der Waals surface area contributed by atoms with Crippen molar-refractivity contribution in [3.63, 3.8) is 0 Å². The summed E-state index contributed by atoms with van der Waals surface area (Å²) in [6.07, 6.45) is 7.10. The molecule has 0 spiro atoms. The molecule has 1 N–H and O–H groups in total. The maximum atomic E-state index is 13.0. The fourth-order valence-corrected chi connectivity index (χ4v) is 4.84. The zero-order valence-corrected chi connectivity index (χ0v) is 15.9. The largest absolute Gasteiger partial charge is 0.333 e. The van der Waals surface area contributed by atoms with E-state index in [9.17, 15) is 13.2 Å². The summed E-state index contributed by atoms with van der Waals surface area (Å²) in [4.78, 5) is 18.8. The number of aromatic nitrogens is 1. The van der Waals surface area contributed by atoms with Crippen LogP contribution in [0.5, 0.6) is 0 Å². The molecule has 2 aliphatic heterocycles. The van der Waals surface area contributed by atoms with Crippen molar-refractivity contribution in [3.05, 3.63) is 29.0 Å². The van der Waals surface area contributed by atoms with E-state index in [1.54, 1.807) is 12.3 Å². The normalized spacial score (nSPS) is 26.7. The van der Waals surface area contributed by atoms with Crippen LogP contribution in [0.1, 0.15) is 42.5 Å². The fourth-order valence-electron chi connectivity index (χ4n) is 3.81. The third kappa shape index (κ3) is 3.81. The molecule has 1 unspecified atom stereocenters. The zero-order valence-electron chi connectivity index (χ0n) is 14.4. The lowest BCUT2D eigenvalue weighted by Crippen LogP contribution is -2.59. The van der Waals surface area contributed by atoms with E-state index < -0.39 is 10.2 Å². The van der Waals surface area contributed by atoms with Crippen LogP contribution < -0.4 is 4.72 Å². The number of halogens is 1. The summed E-state index contributed by atoms with van der Waals surface area (Å²) in [6, 6.07) is 1.54. The molecule has 2 aliphatic rings. The molecule has 0 aromatic carbocycles. The van der Waals surface area contributed by atoms with Crippen molar-refractivity contribution in [1.29, 1.82) is 0 Å². The summed E-state index contributed by atoms with van der Waals surface area (Å²) in [5, 5.41) is 0.348. The Bertz CT molecular complexity index is 742. The Labute approximate surface area is 153 Å². The van der Waals surface area contributed by atoms with Gasteiger partial charge >= 0.3 is 0 Å². The van der Waals surface area contributed by atoms with Gasteiger partial charge in [0, 0.05) is 44.6 Å². The van der Waals surface area contributed by atoms with E-state index in [-0.39, 0.29) is 24.0 Å². The molecule has 2 saturated heterocycles. The van der Waals surface area contributed by atoms with Crippen molar-refractivity contribution >= 4 is 27.7 Å². The van der Waals surface area contributed by atoms with E-state index in [1.165, 1.54) is 24.6 Å². The predicted octanol–water partition coefficient (Wildman–Crippen LogP) is 1.66. The van der Waals surface area contributed by atoms with E-state index in [0.29, 0.717) is 23.4 Å². The highest BCUT2D eigenvalue weighted by Crippen LogP contribution is 2.36. The molecule has 1 aromatic heterocycles. The van der Waals surface area contributed by atoms with Gasteiger partial charge in [0.2, 0.25) is 0 Å². The molecule has 138 valence electrons. The van der Waals surface area contributed by atoms with Crippen molar-refractivity contribution < 1.29 is 13.2 Å². The van der Waals surface area contributed by atoms with Gasteiger partial charge in [0.15, 0.2) is 0 Å². The van der Waals surface area contributed by atoms with Crippen molar-refractivity contribution in [3.8, 4) is 0 Å². The molecule has 0 radical (unpaired) electrons. The summed E-state index contributed by atoms with van der Waals surface area (Å²) in [5.74, 6) is -0.0870. The lowest BCUT2D eigenvalue weighted by molar-refractivity contribution is 0.0227. The summed E-state index contributed by atoms with van der Waals surface area (Å²) < 4.78 is 28.2. The Morgan fingerprint density at radius 2 is 1.96 bits per heavy atom. The maximum absolute atomic E-state index is 13.0. The fraction of sp³-hybridized carbons (Fsp3) is 0.625. The first-order chi connectivity index (χ1) is 11.8. The predicted molar refractivity (Wildman–Crippen MR) is 95.6 cm³/mol. The van der Waals surface area contributed by atoms with Gasteiger partial charge in [-0.25, -0.2) is 0 Å². The van der Waals surface area contributed by atoms with Crippen LogP contribution in [0.15, 0.2) is 18.5 Å². The molecule has 7 nitrogen and oxygen atoms in total. The van der Waals surface area contributed by atoms with E-state index in [0.717, 1.165) is 19.3 Å². The minimum atomic E-state index is -3.47. The monoisotopic (exact) mass is 386 g/mol. The molecule has 9 heteroatoms. The highest BCUT2D eigenvalue weighted by atomic mass is 35.5. The van der Waals surface area contributed by atoms with Crippen molar-refractivity contribution in [2.75, 3.05) is 14.1 Å². The Hall–Kier alpha value is -1.22. The van der Waals surface area contributed by atoms with E-state index in [4.69, 9.17) is 11.6 Å². The number of hydrogen-bond donors (Lipinski definition) is 1. The van der Waals surface area contributed by atoms with Crippen LogP contribution in [0.25, 0.3) is 0 Å². The van der Waals surface area contributed by atoms with Crippen molar-refractivity contribution in [1.82, 2.24) is 18.9 Å². The van der Waals surface area contributed by atoms with Crippen LogP contribution in [-0.4, -0.2) is 60.7 Å². The van der Waals surface area contributed by atoms with Crippen LogP contribution in [0.4, 0.5) is 0 Å². The number of fused-ring (bicyclic) bond motifs is 2. The lowest BCUT2D eigenvalue weighted by Gasteiger charge is -2.49. The van der Waals surface area contributed by atoms with Gasteiger partial charge in [0.1, 0.15) is 0 Å². The molecule has 1 aromatic rings. The van der Waals surface area contributed by atoms with Crippen LogP contribution in [0.3, 0.4) is 0 Å². The van der Waals surface area contributed by atoms with Crippen LogP contribution in [0.2, 0.25) is 5.02 Å². The summed E-state index contributed by atoms with van der Waals surface area (Å²) in [5.41, 5.74) is 0.459. The maximum Gasteiger partial charge on any atom is 0.279 e. The van der Waals surface area contributed by atoms with Gasteiger partial charge in [-0.3, -0.25) is 9.78 Å². The molecule has 25 heavy (non-hydrogen) atoms. The quantitative estimate of drug-likeness (QED) is 0.853. The Morgan fingerprint density at radius 1 is 1.32 bits per heavy atom. The number of piperidine rings is 2. The second kappa shape index (κ2) is 7.19. The zero-order chi connectivity index (χ0) is 18.2. The molecule has 1 amide bonds. The minimum Gasteiger partial charge on any atom is -0.333 e. The number of nitrogens with zero attached hydrogens (tertiary/aromatic N) is 3. The first-order valence-electron chi connectivity index (χ1n) is 8.41. The topological polar surface area (TPSA) is 82.6 Å². The molecule has 3 rings (SSSR count). The van der Waals surface area contributed by atoms with Gasteiger partial charge in [-0.15, -0.1) is 0 Å². The number of hydrogen-bond acceptors (Lipinski definition) is 4. The first-order valence-corrected chi connectivity index (χ1v) is 10.2. The number of rotatable bonds is 4. The van der Waals surface area contributed by atoms with Gasteiger partial charge in [0.25, 0.3) is 16.1 Å². The SMILES string of the molecule is CN(C)S(=O)(=O)NC1C[C@H]2CCC[C@@H](C1)N2C(=O)c1ccncc1Cl. The minimum absolute atomic E-state index is 0.0269. The Balaban J connectivity index is 1.79. The second-order valence-corrected chi connectivity index (χ2v) is 9.20. The molecule has 0 saturated carbocycles. The van der Waals surface area contributed by atoms with Crippen LogP contribution >= 0.6 is 11.6 Å². The number of carbonyl (C=O) groups excluding carboxylic acids is 1. The third-order valence-corrected chi connectivity index (χ3v) is 6.90. The highest BCUT2D eigenvalue weighted by Gasteiger charge is 2.42. The van der Waals surface area contributed by atoms with E-state index in [1.807, 2.05) is 4.90 Å². The summed E-state index contributed by atoms with van der Waals surface area (Å²) in [7, 11) is -0.460. The summed E-state index contributed by atoms with van der Waals surface area (Å²) in [6.45, 7) is 0. The Kier molecular flexibility index (Phi) is 5.34. The van der Waals surface area contributed by atoms with E-state index in [2.05, 4.69) is 9.71 Å². The molecule has 2 bridgehead atoms. The lowest BCUT2D eigenvalue weighted by atomic mass is 9.81. The van der Waals surface area contributed by atoms with Crippen LogP contribution in [0, 0.1) is 0 Å². The molecular formula is C16H23ClN4O3S. The van der Waals surface area contributed by atoms with Gasteiger partial charge in [-0.1, -0.05) is 11.6 Å². The second-order valence-electron chi connectivity index (χ2n) is 6.88. The van der Waals surface area contributed by atoms with Crippen LogP contribution in [-0.2, 0) is 10.2 Å². The number of nitrogens with one attached hydrogen (secondary N) is 1. The molecule has 2 fully saturated rings. The highest BCUT2D eigenvalue weighted by molar-refractivity contribution is 7.87. The van der Waals surface area contributed by atoms with Crippen molar-refractivity contribution in [2.45, 2.75) is 50.2 Å². The van der Waals surface area contributed by atoms with Crippen molar-refractivity contribution in [2.24, 2.45) is 0 Å². The van der Waals surface area contributed by atoms with Gasteiger partial charge in [-0.05, 0) is 38.2 Å². The molecule has 0 aliphatic carbocycles. The molecule has 3 atom stereocenters. The standard InChI is InChI=1S/C16H23ClN4O3S/c1-20(2)25(23,24)19-11-8-12-4-3-5-13(9-11)21(12)16(22)14-6-7-18-10-15(14)17/h6-7,10-13,19H,3-5,8-9H2,1-2H3/t11?,12-,13+. The summed E-state index contributed by atoms with van der Waals surface area (Å²) >= 11 is 6.14. The van der Waals surface area contributed by atoms with Gasteiger partial charge in [0.05, 0.1) is 10.6 Å². The van der Waals surface area contributed by atoms with Gasteiger partial charge in [-0.2, -0.15) is 17.4 Å². The average molecular weight is 387 g/mol. The number of amides is 1. The smallest absolute Gasteiger partial charge is 0.279 e. The van der Waals surface area contributed by atoms with Gasteiger partial charge < -0.3 is 4.90 Å². The third-order valence-electron chi connectivity index (χ3n) is 5.01. The number of pyridine rings is 1. The average Bonchev–Trinajstić information content (AvgIpc) is 2.53. The first kappa shape index (κ1) is 18.6. The van der Waals surface area contributed by atoms with E-state index >= 15 is 0 Å². The number of carbonyl (C=O) groups is 1. The molecular weight excluding hydrogens is 364 g/mol. The molecule has 3 heterocycles.